The third-order valence-corrected chi connectivity index (χ3v) is 4.53. The number of hydrogen-bond donors (Lipinski definition) is 1. The number of aromatic nitrogens is 1. The van der Waals surface area contributed by atoms with Crippen molar-refractivity contribution in [2.45, 2.75) is 18.8 Å². The molecular weight excluding hydrogens is 308 g/mol. The summed E-state index contributed by atoms with van der Waals surface area (Å²) in [6.07, 6.45) is 0. The Bertz CT molecular complexity index is 612. The minimum Gasteiger partial charge on any atom is -0.394 e. The predicted octanol–water partition coefficient (Wildman–Crippen LogP) is 3.00. The summed E-state index contributed by atoms with van der Waals surface area (Å²) in [5.41, 5.74) is 2.41. The predicted molar refractivity (Wildman–Crippen MR) is 85.7 cm³/mol. The SMILES string of the molecule is CC(CO)N(C)C(=O)c1ccc(-c2nc(CCl)cs2)cc1. The van der Waals surface area contributed by atoms with Gasteiger partial charge in [0.25, 0.3) is 5.91 Å². The fourth-order valence-electron chi connectivity index (χ4n) is 1.78. The van der Waals surface area contributed by atoms with E-state index in [1.165, 1.54) is 16.2 Å². The van der Waals surface area contributed by atoms with E-state index in [0.29, 0.717) is 11.4 Å². The molecule has 0 spiro atoms. The summed E-state index contributed by atoms with van der Waals surface area (Å²) in [6, 6.07) is 7.10. The van der Waals surface area contributed by atoms with Crippen LogP contribution >= 0.6 is 22.9 Å². The lowest BCUT2D eigenvalue weighted by Gasteiger charge is -2.23. The van der Waals surface area contributed by atoms with Crippen LogP contribution in [0.5, 0.6) is 0 Å². The number of aliphatic hydroxyl groups excluding tert-OH is 1. The summed E-state index contributed by atoms with van der Waals surface area (Å²) in [7, 11) is 1.69. The fraction of sp³-hybridized carbons (Fsp3) is 0.333. The van der Waals surface area contributed by atoms with E-state index in [1.54, 1.807) is 26.1 Å². The van der Waals surface area contributed by atoms with Crippen molar-refractivity contribution in [3.05, 3.63) is 40.9 Å². The zero-order chi connectivity index (χ0) is 15.4. The van der Waals surface area contributed by atoms with E-state index in [9.17, 15) is 4.79 Å². The van der Waals surface area contributed by atoms with Gasteiger partial charge in [-0.05, 0) is 19.1 Å². The number of carbonyl (C=O) groups is 1. The molecule has 1 unspecified atom stereocenters. The monoisotopic (exact) mass is 324 g/mol. The number of aliphatic hydroxyl groups is 1. The molecule has 0 saturated carbocycles. The van der Waals surface area contributed by atoms with Gasteiger partial charge in [-0.1, -0.05) is 12.1 Å². The van der Waals surface area contributed by atoms with Crippen molar-refractivity contribution < 1.29 is 9.90 Å². The standard InChI is InChI=1S/C15H17ClN2O2S/c1-10(8-19)18(2)15(20)12-5-3-11(4-6-12)14-17-13(7-16)9-21-14/h3-6,9-10,19H,7-8H2,1-2H3. The molecule has 1 aromatic carbocycles. The van der Waals surface area contributed by atoms with Crippen molar-refractivity contribution in [3.8, 4) is 10.6 Å². The lowest BCUT2D eigenvalue weighted by molar-refractivity contribution is 0.0682. The molecule has 4 nitrogen and oxygen atoms in total. The molecule has 0 aliphatic carbocycles. The van der Waals surface area contributed by atoms with Crippen LogP contribution in [0.25, 0.3) is 10.6 Å². The second kappa shape index (κ2) is 7.02. The quantitative estimate of drug-likeness (QED) is 0.860. The van der Waals surface area contributed by atoms with Crippen LogP contribution in [0.1, 0.15) is 23.0 Å². The highest BCUT2D eigenvalue weighted by atomic mass is 35.5. The topological polar surface area (TPSA) is 53.4 Å². The number of nitrogens with zero attached hydrogens (tertiary/aromatic N) is 2. The molecule has 1 aromatic heterocycles. The van der Waals surface area contributed by atoms with E-state index in [2.05, 4.69) is 4.98 Å². The molecule has 0 radical (unpaired) electrons. The van der Waals surface area contributed by atoms with Gasteiger partial charge in [-0.3, -0.25) is 4.79 Å². The Balaban J connectivity index is 2.17. The third kappa shape index (κ3) is 3.61. The molecule has 1 N–H and O–H groups in total. The first-order valence-corrected chi connectivity index (χ1v) is 7.97. The van der Waals surface area contributed by atoms with Crippen LogP contribution in [0.4, 0.5) is 0 Å². The van der Waals surface area contributed by atoms with Gasteiger partial charge in [0.2, 0.25) is 0 Å². The minimum atomic E-state index is -0.206. The number of carbonyl (C=O) groups excluding carboxylic acids is 1. The molecule has 1 heterocycles. The van der Waals surface area contributed by atoms with E-state index < -0.39 is 0 Å². The third-order valence-electron chi connectivity index (χ3n) is 3.31. The smallest absolute Gasteiger partial charge is 0.253 e. The lowest BCUT2D eigenvalue weighted by Crippen LogP contribution is -2.37. The van der Waals surface area contributed by atoms with Gasteiger partial charge in [-0.15, -0.1) is 22.9 Å². The highest BCUT2D eigenvalue weighted by molar-refractivity contribution is 7.13. The molecule has 112 valence electrons. The molecule has 6 heteroatoms. The van der Waals surface area contributed by atoms with Crippen LogP contribution < -0.4 is 0 Å². The molecule has 1 amide bonds. The van der Waals surface area contributed by atoms with E-state index >= 15 is 0 Å². The van der Waals surface area contributed by atoms with E-state index in [1.807, 2.05) is 17.5 Å². The van der Waals surface area contributed by atoms with Crippen molar-refractivity contribution in [3.63, 3.8) is 0 Å². The normalized spacial score (nSPS) is 12.2. The van der Waals surface area contributed by atoms with Crippen LogP contribution in [0.2, 0.25) is 0 Å². The van der Waals surface area contributed by atoms with Crippen LogP contribution in [0, 0.1) is 0 Å². The van der Waals surface area contributed by atoms with Crippen molar-refractivity contribution in [2.24, 2.45) is 0 Å². The molecule has 2 aromatic rings. The number of likely N-dealkylation sites (N-methyl/N-ethyl adjacent to an activating group) is 1. The zero-order valence-corrected chi connectivity index (χ0v) is 13.5. The Labute approximate surface area is 133 Å². The lowest BCUT2D eigenvalue weighted by atomic mass is 10.1. The van der Waals surface area contributed by atoms with Crippen LogP contribution in [0.15, 0.2) is 29.6 Å². The average molecular weight is 325 g/mol. The molecule has 0 saturated heterocycles. The average Bonchev–Trinajstić information content (AvgIpc) is 3.02. The van der Waals surface area contributed by atoms with Crippen molar-refractivity contribution in [1.82, 2.24) is 9.88 Å². The number of thiazole rings is 1. The van der Waals surface area contributed by atoms with Gasteiger partial charge in [0.1, 0.15) is 5.01 Å². The van der Waals surface area contributed by atoms with Gasteiger partial charge < -0.3 is 10.0 Å². The number of rotatable bonds is 5. The van der Waals surface area contributed by atoms with Gasteiger partial charge in [0.15, 0.2) is 0 Å². The first-order chi connectivity index (χ1) is 10.1. The number of halogens is 1. The number of amides is 1. The Morgan fingerprint density at radius 1 is 1.43 bits per heavy atom. The van der Waals surface area contributed by atoms with Gasteiger partial charge in [-0.2, -0.15) is 0 Å². The minimum absolute atomic E-state index is 0.0549. The number of alkyl halides is 1. The van der Waals surface area contributed by atoms with E-state index in [4.69, 9.17) is 16.7 Å². The highest BCUT2D eigenvalue weighted by Gasteiger charge is 2.16. The van der Waals surface area contributed by atoms with Crippen LogP contribution in [0.3, 0.4) is 0 Å². The van der Waals surface area contributed by atoms with Crippen molar-refractivity contribution in [2.75, 3.05) is 13.7 Å². The van der Waals surface area contributed by atoms with Crippen molar-refractivity contribution in [1.29, 1.82) is 0 Å². The summed E-state index contributed by atoms with van der Waals surface area (Å²) < 4.78 is 0. The summed E-state index contributed by atoms with van der Waals surface area (Å²) in [6.45, 7) is 1.75. The maximum atomic E-state index is 12.2. The Morgan fingerprint density at radius 2 is 2.10 bits per heavy atom. The Kier molecular flexibility index (Phi) is 5.33. The molecule has 2 rings (SSSR count). The van der Waals surface area contributed by atoms with E-state index in [-0.39, 0.29) is 18.6 Å². The maximum Gasteiger partial charge on any atom is 0.253 e. The largest absolute Gasteiger partial charge is 0.394 e. The number of benzene rings is 1. The summed E-state index contributed by atoms with van der Waals surface area (Å²) in [5.74, 6) is 0.292. The van der Waals surface area contributed by atoms with Gasteiger partial charge in [-0.25, -0.2) is 4.98 Å². The summed E-state index contributed by atoms with van der Waals surface area (Å²) in [4.78, 5) is 18.2. The second-order valence-electron chi connectivity index (χ2n) is 4.80. The highest BCUT2D eigenvalue weighted by Crippen LogP contribution is 2.25. The summed E-state index contributed by atoms with van der Waals surface area (Å²) in [5, 5.41) is 11.9. The molecule has 0 aliphatic rings. The second-order valence-corrected chi connectivity index (χ2v) is 5.93. The Morgan fingerprint density at radius 3 is 2.62 bits per heavy atom. The summed E-state index contributed by atoms with van der Waals surface area (Å²) >= 11 is 7.28. The van der Waals surface area contributed by atoms with Gasteiger partial charge in [0.05, 0.1) is 24.2 Å². The van der Waals surface area contributed by atoms with Gasteiger partial charge in [0, 0.05) is 23.6 Å². The molecule has 0 bridgehead atoms. The van der Waals surface area contributed by atoms with Crippen LogP contribution in [-0.2, 0) is 5.88 Å². The van der Waals surface area contributed by atoms with Gasteiger partial charge >= 0.3 is 0 Å². The van der Waals surface area contributed by atoms with Crippen LogP contribution in [-0.4, -0.2) is 40.6 Å². The molecule has 0 aliphatic heterocycles. The number of hydrogen-bond acceptors (Lipinski definition) is 4. The first kappa shape index (κ1) is 15.9. The molecule has 0 fully saturated rings. The Hall–Kier alpha value is -1.43. The zero-order valence-electron chi connectivity index (χ0n) is 11.9. The molecule has 21 heavy (non-hydrogen) atoms. The van der Waals surface area contributed by atoms with E-state index in [0.717, 1.165) is 16.3 Å². The molecular formula is C15H17ClN2O2S. The fourth-order valence-corrected chi connectivity index (χ4v) is 2.84. The first-order valence-electron chi connectivity index (χ1n) is 6.55. The molecule has 1 atom stereocenters. The maximum absolute atomic E-state index is 12.2. The van der Waals surface area contributed by atoms with Crippen molar-refractivity contribution >= 4 is 28.8 Å².